The lowest BCUT2D eigenvalue weighted by Gasteiger charge is -2.35. The van der Waals surface area contributed by atoms with Gasteiger partial charge in [-0.3, -0.25) is 9.59 Å². The molecule has 3 rings (SSSR count). The van der Waals surface area contributed by atoms with Crippen LogP contribution in [-0.4, -0.2) is 47.8 Å². The van der Waals surface area contributed by atoms with Gasteiger partial charge in [-0.2, -0.15) is 0 Å². The number of amides is 2. The predicted octanol–water partition coefficient (Wildman–Crippen LogP) is 2.79. The van der Waals surface area contributed by atoms with Crippen LogP contribution in [0.25, 0.3) is 0 Å². The van der Waals surface area contributed by atoms with Gasteiger partial charge in [-0.15, -0.1) is 0 Å². The highest BCUT2D eigenvalue weighted by Crippen LogP contribution is 2.28. The Morgan fingerprint density at radius 1 is 0.958 bits per heavy atom. The van der Waals surface area contributed by atoms with Gasteiger partial charge in [0.1, 0.15) is 0 Å². The summed E-state index contributed by atoms with van der Waals surface area (Å²) in [4.78, 5) is 28.7. The largest absolute Gasteiger partial charge is 0.339 e. The molecule has 2 amide bonds. The quantitative estimate of drug-likeness (QED) is 0.853. The van der Waals surface area contributed by atoms with E-state index in [1.165, 1.54) is 25.7 Å². The fraction of sp³-hybridized carbons (Fsp3) is 0.600. The third kappa shape index (κ3) is 4.16. The van der Waals surface area contributed by atoms with Gasteiger partial charge in [0.25, 0.3) is 0 Å². The summed E-state index contributed by atoms with van der Waals surface area (Å²) in [5.74, 6) is 1.05. The molecule has 1 saturated carbocycles. The van der Waals surface area contributed by atoms with Crippen LogP contribution in [0.2, 0.25) is 0 Å². The highest BCUT2D eigenvalue weighted by Gasteiger charge is 2.26. The van der Waals surface area contributed by atoms with E-state index in [1.54, 1.807) is 0 Å². The van der Waals surface area contributed by atoms with Crippen LogP contribution in [0.5, 0.6) is 0 Å². The predicted molar refractivity (Wildman–Crippen MR) is 94.6 cm³/mol. The molecule has 1 aliphatic carbocycles. The second-order valence-electron chi connectivity index (χ2n) is 7.22. The second kappa shape index (κ2) is 7.82. The number of carbonyl (C=O) groups excluding carboxylic acids is 2. The van der Waals surface area contributed by atoms with Crippen LogP contribution < -0.4 is 0 Å². The van der Waals surface area contributed by atoms with Gasteiger partial charge in [0.15, 0.2) is 0 Å². The van der Waals surface area contributed by atoms with Crippen molar-refractivity contribution in [3.63, 3.8) is 0 Å². The summed E-state index contributed by atoms with van der Waals surface area (Å²) in [6.07, 6.45) is 6.14. The van der Waals surface area contributed by atoms with Crippen LogP contribution in [0.1, 0.15) is 43.2 Å². The lowest BCUT2D eigenvalue weighted by Crippen LogP contribution is -2.51. The standard InChI is InChI=1S/C20H28N2O2/c1-16-6-2-5-9-18(16)15-20(24)22-12-10-21(11-13-22)19(23)14-17-7-3-4-8-17/h2,5-6,9,17H,3-4,7-8,10-15H2,1H3. The molecule has 1 aliphatic heterocycles. The molecule has 1 aromatic rings. The Labute approximate surface area is 144 Å². The molecular weight excluding hydrogens is 300 g/mol. The average molecular weight is 328 g/mol. The van der Waals surface area contributed by atoms with Crippen molar-refractivity contribution in [2.24, 2.45) is 5.92 Å². The number of hydrogen-bond acceptors (Lipinski definition) is 2. The molecule has 0 aromatic heterocycles. The summed E-state index contributed by atoms with van der Waals surface area (Å²) >= 11 is 0. The minimum atomic E-state index is 0.173. The summed E-state index contributed by atoms with van der Waals surface area (Å²) in [5.41, 5.74) is 2.26. The molecule has 4 heteroatoms. The number of rotatable bonds is 4. The summed E-state index contributed by atoms with van der Waals surface area (Å²) in [6.45, 7) is 4.75. The Morgan fingerprint density at radius 2 is 1.54 bits per heavy atom. The Kier molecular flexibility index (Phi) is 5.54. The number of aryl methyl sites for hydroxylation is 1. The van der Waals surface area contributed by atoms with Crippen LogP contribution in [-0.2, 0) is 16.0 Å². The molecule has 0 atom stereocenters. The van der Waals surface area contributed by atoms with Crippen molar-refractivity contribution in [3.8, 4) is 0 Å². The van der Waals surface area contributed by atoms with Gasteiger partial charge < -0.3 is 9.80 Å². The molecule has 0 N–H and O–H groups in total. The normalized spacial score (nSPS) is 18.9. The van der Waals surface area contributed by atoms with E-state index in [0.717, 1.165) is 11.1 Å². The van der Waals surface area contributed by atoms with Crippen molar-refractivity contribution in [1.29, 1.82) is 0 Å². The molecule has 0 spiro atoms. The minimum Gasteiger partial charge on any atom is -0.339 e. The third-order valence-electron chi connectivity index (χ3n) is 5.53. The van der Waals surface area contributed by atoms with Crippen LogP contribution in [0.4, 0.5) is 0 Å². The first kappa shape index (κ1) is 17.0. The lowest BCUT2D eigenvalue weighted by atomic mass is 10.0. The molecule has 1 heterocycles. The van der Waals surface area contributed by atoms with E-state index in [-0.39, 0.29) is 11.8 Å². The maximum absolute atomic E-state index is 12.5. The van der Waals surface area contributed by atoms with Gasteiger partial charge in [0, 0.05) is 32.6 Å². The molecule has 2 fully saturated rings. The fourth-order valence-electron chi connectivity index (χ4n) is 3.88. The molecule has 2 aliphatic rings. The second-order valence-corrected chi connectivity index (χ2v) is 7.22. The van der Waals surface area contributed by atoms with E-state index in [9.17, 15) is 9.59 Å². The molecule has 0 bridgehead atoms. The fourth-order valence-corrected chi connectivity index (χ4v) is 3.88. The summed E-state index contributed by atoms with van der Waals surface area (Å²) in [5, 5.41) is 0. The topological polar surface area (TPSA) is 40.6 Å². The first-order valence-electron chi connectivity index (χ1n) is 9.23. The SMILES string of the molecule is Cc1ccccc1CC(=O)N1CCN(C(=O)CC2CCCC2)CC1. The number of nitrogens with zero attached hydrogens (tertiary/aromatic N) is 2. The Hall–Kier alpha value is -1.84. The van der Waals surface area contributed by atoms with E-state index in [0.29, 0.717) is 44.9 Å². The zero-order chi connectivity index (χ0) is 16.9. The first-order valence-corrected chi connectivity index (χ1v) is 9.23. The highest BCUT2D eigenvalue weighted by molar-refractivity contribution is 5.80. The molecule has 4 nitrogen and oxygen atoms in total. The van der Waals surface area contributed by atoms with Crippen LogP contribution >= 0.6 is 0 Å². The molecule has 0 radical (unpaired) electrons. The van der Waals surface area contributed by atoms with E-state index < -0.39 is 0 Å². The third-order valence-corrected chi connectivity index (χ3v) is 5.53. The van der Waals surface area contributed by atoms with Gasteiger partial charge in [-0.1, -0.05) is 37.1 Å². The molecule has 1 aromatic carbocycles. The van der Waals surface area contributed by atoms with Crippen LogP contribution in [0, 0.1) is 12.8 Å². The van der Waals surface area contributed by atoms with Gasteiger partial charge in [0.05, 0.1) is 6.42 Å². The summed E-state index contributed by atoms with van der Waals surface area (Å²) in [7, 11) is 0. The number of benzene rings is 1. The average Bonchev–Trinajstić information content (AvgIpc) is 3.10. The van der Waals surface area contributed by atoms with Crippen molar-refractivity contribution < 1.29 is 9.59 Å². The van der Waals surface area contributed by atoms with E-state index in [2.05, 4.69) is 0 Å². The molecule has 130 valence electrons. The van der Waals surface area contributed by atoms with Gasteiger partial charge in [-0.25, -0.2) is 0 Å². The van der Waals surface area contributed by atoms with Crippen molar-refractivity contribution in [2.75, 3.05) is 26.2 Å². The van der Waals surface area contributed by atoms with Crippen LogP contribution in [0.3, 0.4) is 0 Å². The zero-order valence-corrected chi connectivity index (χ0v) is 14.7. The molecule has 0 unspecified atom stereocenters. The summed E-state index contributed by atoms with van der Waals surface area (Å²) in [6, 6.07) is 8.05. The first-order chi connectivity index (χ1) is 11.6. The van der Waals surface area contributed by atoms with Crippen LogP contribution in [0.15, 0.2) is 24.3 Å². The zero-order valence-electron chi connectivity index (χ0n) is 14.7. The van der Waals surface area contributed by atoms with Gasteiger partial charge in [0.2, 0.25) is 11.8 Å². The Balaban J connectivity index is 1.46. The maximum atomic E-state index is 12.5. The highest BCUT2D eigenvalue weighted by atomic mass is 16.2. The maximum Gasteiger partial charge on any atom is 0.227 e. The van der Waals surface area contributed by atoms with Crippen molar-refractivity contribution >= 4 is 11.8 Å². The van der Waals surface area contributed by atoms with Gasteiger partial charge in [-0.05, 0) is 36.8 Å². The van der Waals surface area contributed by atoms with Crippen molar-refractivity contribution in [1.82, 2.24) is 9.80 Å². The van der Waals surface area contributed by atoms with E-state index >= 15 is 0 Å². The molecular formula is C20H28N2O2. The number of hydrogen-bond donors (Lipinski definition) is 0. The monoisotopic (exact) mass is 328 g/mol. The van der Waals surface area contributed by atoms with Crippen molar-refractivity contribution in [3.05, 3.63) is 35.4 Å². The van der Waals surface area contributed by atoms with Gasteiger partial charge >= 0.3 is 0 Å². The van der Waals surface area contributed by atoms with E-state index in [4.69, 9.17) is 0 Å². The van der Waals surface area contributed by atoms with Crippen molar-refractivity contribution in [2.45, 2.75) is 45.4 Å². The summed E-state index contributed by atoms with van der Waals surface area (Å²) < 4.78 is 0. The minimum absolute atomic E-state index is 0.173. The molecule has 1 saturated heterocycles. The lowest BCUT2D eigenvalue weighted by molar-refractivity contribution is -0.139. The Bertz CT molecular complexity index is 585. The number of carbonyl (C=O) groups is 2. The van der Waals surface area contributed by atoms with E-state index in [1.807, 2.05) is 41.0 Å². The Morgan fingerprint density at radius 3 is 2.17 bits per heavy atom. The molecule has 24 heavy (non-hydrogen) atoms. The number of piperazine rings is 1. The smallest absolute Gasteiger partial charge is 0.227 e.